The van der Waals surface area contributed by atoms with Crippen LogP contribution in [0.5, 0.6) is 11.5 Å². The van der Waals surface area contributed by atoms with E-state index in [9.17, 15) is 4.79 Å². The van der Waals surface area contributed by atoms with Crippen LogP contribution in [0.4, 0.5) is 0 Å². The monoisotopic (exact) mass is 372 g/mol. The number of pyridine rings is 1. The Morgan fingerprint density at radius 2 is 2.12 bits per heavy atom. The third kappa shape index (κ3) is 3.47. The van der Waals surface area contributed by atoms with Gasteiger partial charge in [-0.1, -0.05) is 25.6 Å². The molecule has 2 aliphatic rings. The van der Waals surface area contributed by atoms with Gasteiger partial charge in [0.1, 0.15) is 5.03 Å². The molecule has 0 spiro atoms. The number of hydrogen-bond acceptors (Lipinski definition) is 5. The van der Waals surface area contributed by atoms with E-state index < -0.39 is 0 Å². The van der Waals surface area contributed by atoms with Gasteiger partial charge in [0.2, 0.25) is 12.7 Å². The molecule has 1 atom stereocenters. The molecule has 3 heterocycles. The minimum atomic E-state index is 0.219. The molecule has 2 aromatic rings. The molecule has 1 saturated heterocycles. The van der Waals surface area contributed by atoms with Gasteiger partial charge in [-0.05, 0) is 42.9 Å². The molecule has 1 aromatic carbocycles. The number of carbonyl (C=O) groups is 1. The van der Waals surface area contributed by atoms with E-state index in [2.05, 4.69) is 19.9 Å². The fraction of sp³-hybridized carbons (Fsp3) is 0.500. The molecule has 26 heavy (non-hydrogen) atoms. The van der Waals surface area contributed by atoms with Gasteiger partial charge >= 0.3 is 0 Å². The number of thioether (sulfide) groups is 1. The highest BCUT2D eigenvalue weighted by atomic mass is 32.2. The molecule has 1 aromatic heterocycles. The van der Waals surface area contributed by atoms with Crippen molar-refractivity contribution in [2.75, 3.05) is 25.6 Å². The van der Waals surface area contributed by atoms with Crippen molar-refractivity contribution in [2.45, 2.75) is 38.1 Å². The molecule has 138 valence electrons. The quantitative estimate of drug-likeness (QED) is 0.763. The molecular formula is C20H24N2O3S. The van der Waals surface area contributed by atoms with Gasteiger partial charge in [-0.25, -0.2) is 4.98 Å². The van der Waals surface area contributed by atoms with Gasteiger partial charge in [0, 0.05) is 24.5 Å². The van der Waals surface area contributed by atoms with Gasteiger partial charge in [0.15, 0.2) is 11.5 Å². The maximum absolute atomic E-state index is 12.6. The lowest BCUT2D eigenvalue weighted by Crippen LogP contribution is -2.40. The Hall–Kier alpha value is -1.95. The predicted molar refractivity (Wildman–Crippen MR) is 103 cm³/mol. The second-order valence-corrected chi connectivity index (χ2v) is 8.04. The first-order valence-electron chi connectivity index (χ1n) is 9.28. The summed E-state index contributed by atoms with van der Waals surface area (Å²) < 4.78 is 10.9. The van der Waals surface area contributed by atoms with E-state index in [1.54, 1.807) is 11.8 Å². The minimum absolute atomic E-state index is 0.219. The van der Waals surface area contributed by atoms with Crippen molar-refractivity contribution in [1.29, 1.82) is 0 Å². The number of piperidine rings is 1. The lowest BCUT2D eigenvalue weighted by Gasteiger charge is -2.30. The topological polar surface area (TPSA) is 51.7 Å². The Balaban J connectivity index is 1.53. The maximum atomic E-state index is 12.6. The number of benzene rings is 1. The van der Waals surface area contributed by atoms with E-state index in [0.717, 1.165) is 53.4 Å². The first-order chi connectivity index (χ1) is 12.6. The molecule has 4 rings (SSSR count). The second kappa shape index (κ2) is 7.35. The van der Waals surface area contributed by atoms with E-state index in [4.69, 9.17) is 14.5 Å². The fourth-order valence-corrected chi connectivity index (χ4v) is 4.60. The molecule has 2 aliphatic heterocycles. The number of amides is 1. The summed E-state index contributed by atoms with van der Waals surface area (Å²) in [4.78, 5) is 19.4. The number of carbonyl (C=O) groups excluding carboxylic acids is 1. The summed E-state index contributed by atoms with van der Waals surface area (Å²) in [5, 5.41) is 1.99. The van der Waals surface area contributed by atoms with Crippen molar-refractivity contribution in [3.63, 3.8) is 0 Å². The van der Waals surface area contributed by atoms with E-state index in [1.165, 1.54) is 12.0 Å². The van der Waals surface area contributed by atoms with E-state index >= 15 is 0 Å². The van der Waals surface area contributed by atoms with Crippen molar-refractivity contribution >= 4 is 28.6 Å². The summed E-state index contributed by atoms with van der Waals surface area (Å²) in [5.41, 5.74) is 2.05. The van der Waals surface area contributed by atoms with Gasteiger partial charge in [-0.2, -0.15) is 0 Å². The lowest BCUT2D eigenvalue weighted by atomic mass is 10.0. The second-order valence-electron chi connectivity index (χ2n) is 7.08. The summed E-state index contributed by atoms with van der Waals surface area (Å²) in [6, 6.07) is 6.06. The fourth-order valence-electron chi connectivity index (χ4n) is 3.61. The predicted octanol–water partition coefficient (Wildman–Crippen LogP) is 3.88. The normalized spacial score (nSPS) is 19.2. The van der Waals surface area contributed by atoms with Gasteiger partial charge < -0.3 is 14.4 Å². The Morgan fingerprint density at radius 3 is 2.88 bits per heavy atom. The van der Waals surface area contributed by atoms with Gasteiger partial charge in [0.05, 0.1) is 11.3 Å². The molecule has 1 unspecified atom stereocenters. The van der Waals surface area contributed by atoms with Crippen LogP contribution in [-0.4, -0.2) is 41.4 Å². The van der Waals surface area contributed by atoms with E-state index in [1.807, 2.05) is 17.0 Å². The Labute approximate surface area is 158 Å². The molecule has 0 aliphatic carbocycles. The van der Waals surface area contributed by atoms with Crippen molar-refractivity contribution in [3.8, 4) is 11.5 Å². The average Bonchev–Trinajstić information content (AvgIpc) is 3.10. The van der Waals surface area contributed by atoms with Crippen LogP contribution in [-0.2, 0) is 11.2 Å². The number of ether oxygens (including phenoxy) is 2. The highest BCUT2D eigenvalue weighted by molar-refractivity contribution is 7.99. The first-order valence-corrected chi connectivity index (χ1v) is 10.3. The molecule has 0 saturated carbocycles. The summed E-state index contributed by atoms with van der Waals surface area (Å²) >= 11 is 1.55. The molecule has 5 nitrogen and oxygen atoms in total. The molecule has 1 fully saturated rings. The Kier molecular flexibility index (Phi) is 4.94. The van der Waals surface area contributed by atoms with Crippen LogP contribution in [0.2, 0.25) is 0 Å². The van der Waals surface area contributed by atoms with Crippen molar-refractivity contribution in [1.82, 2.24) is 9.88 Å². The van der Waals surface area contributed by atoms with Crippen LogP contribution in [0.1, 0.15) is 32.3 Å². The summed E-state index contributed by atoms with van der Waals surface area (Å²) in [6.07, 6.45) is 3.22. The molecule has 1 amide bonds. The molecular weight excluding hydrogens is 348 g/mol. The summed E-state index contributed by atoms with van der Waals surface area (Å²) in [7, 11) is 0. The Bertz CT molecular complexity index is 839. The standard InChI is InChI=1S/C20H24N2O3S/c1-3-14-7-15-8-17-18(25-12-24-17)9-16(15)21-20(14)26-11-19(23)22-6-4-5-13(2)10-22/h7-9,13H,3-6,10-12H2,1-2H3. The van der Waals surface area contributed by atoms with E-state index in [-0.39, 0.29) is 12.7 Å². The Morgan fingerprint density at radius 1 is 1.31 bits per heavy atom. The van der Waals surface area contributed by atoms with Gasteiger partial charge in [0.25, 0.3) is 0 Å². The number of nitrogens with zero attached hydrogens (tertiary/aromatic N) is 2. The van der Waals surface area contributed by atoms with Crippen LogP contribution in [0, 0.1) is 5.92 Å². The summed E-state index contributed by atoms with van der Waals surface area (Å²) in [6.45, 7) is 6.37. The van der Waals surface area contributed by atoms with Gasteiger partial charge in [-0.3, -0.25) is 4.79 Å². The highest BCUT2D eigenvalue weighted by Gasteiger charge is 2.22. The molecule has 0 bridgehead atoms. The zero-order valence-corrected chi connectivity index (χ0v) is 16.1. The number of aromatic nitrogens is 1. The number of hydrogen-bond donors (Lipinski definition) is 0. The number of fused-ring (bicyclic) bond motifs is 2. The largest absolute Gasteiger partial charge is 0.454 e. The lowest BCUT2D eigenvalue weighted by molar-refractivity contribution is -0.130. The maximum Gasteiger partial charge on any atom is 0.232 e. The SMILES string of the molecule is CCc1cc2cc3c(cc2nc1SCC(=O)N1CCCC(C)C1)OCO3. The molecule has 0 N–H and O–H groups in total. The smallest absolute Gasteiger partial charge is 0.232 e. The van der Waals surface area contributed by atoms with Crippen molar-refractivity contribution < 1.29 is 14.3 Å². The van der Waals surface area contributed by atoms with Crippen LogP contribution in [0.15, 0.2) is 23.2 Å². The van der Waals surface area contributed by atoms with Crippen LogP contribution >= 0.6 is 11.8 Å². The highest BCUT2D eigenvalue weighted by Crippen LogP contribution is 2.37. The first kappa shape index (κ1) is 17.5. The molecule has 0 radical (unpaired) electrons. The number of rotatable bonds is 4. The molecule has 6 heteroatoms. The third-order valence-corrected chi connectivity index (χ3v) is 6.09. The van der Waals surface area contributed by atoms with Crippen LogP contribution < -0.4 is 9.47 Å². The summed E-state index contributed by atoms with van der Waals surface area (Å²) in [5.74, 6) is 2.78. The average molecular weight is 372 g/mol. The van der Waals surface area contributed by atoms with Gasteiger partial charge in [-0.15, -0.1) is 0 Å². The number of likely N-dealkylation sites (tertiary alicyclic amines) is 1. The minimum Gasteiger partial charge on any atom is -0.454 e. The zero-order chi connectivity index (χ0) is 18.1. The number of aryl methyl sites for hydroxylation is 1. The van der Waals surface area contributed by atoms with Crippen molar-refractivity contribution in [2.24, 2.45) is 5.92 Å². The third-order valence-electron chi connectivity index (χ3n) is 5.07. The van der Waals surface area contributed by atoms with E-state index in [0.29, 0.717) is 11.7 Å². The zero-order valence-electron chi connectivity index (χ0n) is 15.3. The van der Waals surface area contributed by atoms with Crippen LogP contribution in [0.25, 0.3) is 10.9 Å². The van der Waals surface area contributed by atoms with Crippen molar-refractivity contribution in [3.05, 3.63) is 23.8 Å². The van der Waals surface area contributed by atoms with Crippen LogP contribution in [0.3, 0.4) is 0 Å².